The number of carbonyl (C=O) groups is 2. The summed E-state index contributed by atoms with van der Waals surface area (Å²) in [6.45, 7) is 0. The van der Waals surface area contributed by atoms with Crippen molar-refractivity contribution in [3.05, 3.63) is 35.4 Å². The molecule has 0 aromatic heterocycles. The molecule has 0 aliphatic heterocycles. The third-order valence-electron chi connectivity index (χ3n) is 1.37. The monoisotopic (exact) mass is 212 g/mol. The van der Waals surface area contributed by atoms with Gasteiger partial charge in [0.1, 0.15) is 0 Å². The molecule has 0 aliphatic rings. The smallest absolute Gasteiger partial charge is 0.545 e. The normalized spacial score (nSPS) is 8.62. The number of rotatable bonds is 2. The minimum Gasteiger partial charge on any atom is -0.545 e. The van der Waals surface area contributed by atoms with Crippen LogP contribution in [0.5, 0.6) is 0 Å². The second kappa shape index (κ2) is 4.79. The van der Waals surface area contributed by atoms with Gasteiger partial charge in [0, 0.05) is 11.1 Å². The van der Waals surface area contributed by atoms with E-state index in [9.17, 15) is 19.8 Å². The Hall–Kier alpha value is -1.13. The van der Waals surface area contributed by atoms with Crippen molar-refractivity contribution in [3.8, 4) is 0 Å². The first-order valence-electron chi connectivity index (χ1n) is 3.14. The summed E-state index contributed by atoms with van der Waals surface area (Å²) in [7, 11) is 0. The quantitative estimate of drug-likeness (QED) is 0.553. The molecule has 4 nitrogen and oxygen atoms in total. The van der Waals surface area contributed by atoms with Crippen molar-refractivity contribution in [1.29, 1.82) is 0 Å². The summed E-state index contributed by atoms with van der Waals surface area (Å²) >= 11 is 0. The van der Waals surface area contributed by atoms with Gasteiger partial charge >= 0.3 is 21.7 Å². The predicted molar refractivity (Wildman–Crippen MR) is 35.1 cm³/mol. The summed E-state index contributed by atoms with van der Waals surface area (Å²) < 4.78 is 0. The fourth-order valence-electron chi connectivity index (χ4n) is 0.839. The molecule has 0 N–H and O–H groups in total. The van der Waals surface area contributed by atoms with Crippen LogP contribution < -0.4 is 10.2 Å². The molecule has 64 valence electrons. The Balaban J connectivity index is 0.00000144. The molecule has 0 atom stereocenters. The van der Waals surface area contributed by atoms with E-state index in [1.807, 2.05) is 0 Å². The first kappa shape index (κ1) is 11.9. The van der Waals surface area contributed by atoms with Gasteiger partial charge in [-0.3, -0.25) is 0 Å². The Bertz CT molecular complexity index is 302. The van der Waals surface area contributed by atoms with Crippen molar-refractivity contribution in [2.45, 2.75) is 0 Å². The van der Waals surface area contributed by atoms with Crippen molar-refractivity contribution in [2.24, 2.45) is 0 Å². The van der Waals surface area contributed by atoms with Gasteiger partial charge in [-0.25, -0.2) is 0 Å². The van der Waals surface area contributed by atoms with Crippen LogP contribution in [0.15, 0.2) is 24.3 Å². The van der Waals surface area contributed by atoms with E-state index in [2.05, 4.69) is 0 Å². The van der Waals surface area contributed by atoms with Gasteiger partial charge in [0.05, 0.1) is 11.9 Å². The maximum absolute atomic E-state index is 10.3. The van der Waals surface area contributed by atoms with Gasteiger partial charge in [-0.05, 0) is 0 Å². The molecule has 1 rings (SSSR count). The molecular weight excluding hydrogens is 208 g/mol. The zero-order chi connectivity index (χ0) is 9.14. The standard InChI is InChI=1S/C8H6O4.Ti/c9-7(10)5-3-1-2-4-6(5)8(11)12;/h1-4H,(H,9,10)(H,11,12);/q;+2/p-2. The van der Waals surface area contributed by atoms with E-state index in [0.29, 0.717) is 0 Å². The Morgan fingerprint density at radius 3 is 1.46 bits per heavy atom. The summed E-state index contributed by atoms with van der Waals surface area (Å²) in [5, 5.41) is 20.6. The zero-order valence-corrected chi connectivity index (χ0v) is 8.00. The molecule has 0 aliphatic carbocycles. The van der Waals surface area contributed by atoms with Crippen LogP contribution in [0.1, 0.15) is 20.7 Å². The topological polar surface area (TPSA) is 80.3 Å². The Kier molecular flexibility index (Phi) is 4.38. The molecule has 5 heteroatoms. The van der Waals surface area contributed by atoms with Crippen LogP contribution in [-0.4, -0.2) is 11.9 Å². The van der Waals surface area contributed by atoms with Crippen molar-refractivity contribution in [1.82, 2.24) is 0 Å². The SMILES string of the molecule is O=C([O-])c1ccccc1C(=O)[O-].[Ti+2]. The number of carboxylic acid groups (broad SMARTS) is 2. The summed E-state index contributed by atoms with van der Waals surface area (Å²) in [6.07, 6.45) is 0. The molecule has 0 radical (unpaired) electrons. The molecule has 0 saturated heterocycles. The van der Waals surface area contributed by atoms with E-state index in [1.54, 1.807) is 0 Å². The minimum absolute atomic E-state index is 0. The predicted octanol–water partition coefficient (Wildman–Crippen LogP) is -1.59. The maximum Gasteiger partial charge on any atom is 2.00 e. The first-order chi connectivity index (χ1) is 5.63. The van der Waals surface area contributed by atoms with Crippen LogP contribution >= 0.6 is 0 Å². The number of hydrogen-bond acceptors (Lipinski definition) is 4. The van der Waals surface area contributed by atoms with Gasteiger partial charge in [0.15, 0.2) is 0 Å². The van der Waals surface area contributed by atoms with Crippen LogP contribution in [0.4, 0.5) is 0 Å². The third kappa shape index (κ3) is 2.68. The zero-order valence-electron chi connectivity index (χ0n) is 6.44. The van der Waals surface area contributed by atoms with Gasteiger partial charge in [-0.15, -0.1) is 0 Å². The summed E-state index contributed by atoms with van der Waals surface area (Å²) in [4.78, 5) is 20.6. The molecule has 1 aromatic rings. The van der Waals surface area contributed by atoms with Crippen LogP contribution in [0.2, 0.25) is 0 Å². The number of carbonyl (C=O) groups excluding carboxylic acids is 2. The average Bonchev–Trinajstić information content (AvgIpc) is 2.04. The van der Waals surface area contributed by atoms with E-state index < -0.39 is 11.9 Å². The van der Waals surface area contributed by atoms with Gasteiger partial charge in [0.25, 0.3) is 0 Å². The van der Waals surface area contributed by atoms with Crippen molar-refractivity contribution >= 4 is 11.9 Å². The Morgan fingerprint density at radius 1 is 0.923 bits per heavy atom. The molecule has 1 aromatic carbocycles. The molecule has 0 fully saturated rings. The molecule has 0 amide bonds. The number of benzene rings is 1. The van der Waals surface area contributed by atoms with Crippen molar-refractivity contribution in [2.75, 3.05) is 0 Å². The molecule has 0 saturated carbocycles. The number of hydrogen-bond donors (Lipinski definition) is 0. The van der Waals surface area contributed by atoms with Crippen LogP contribution in [0.3, 0.4) is 0 Å². The van der Waals surface area contributed by atoms with Crippen molar-refractivity contribution in [3.63, 3.8) is 0 Å². The largest absolute Gasteiger partial charge is 2.00 e. The van der Waals surface area contributed by atoms with Gasteiger partial charge in [0.2, 0.25) is 0 Å². The number of carboxylic acids is 2. The molecule has 0 bridgehead atoms. The Labute approximate surface area is 89.1 Å². The minimum atomic E-state index is -1.52. The molecule has 0 spiro atoms. The molecular formula is C8H4O4Ti. The molecule has 13 heavy (non-hydrogen) atoms. The first-order valence-corrected chi connectivity index (χ1v) is 3.14. The van der Waals surface area contributed by atoms with E-state index in [1.165, 1.54) is 12.1 Å². The second-order valence-corrected chi connectivity index (χ2v) is 2.12. The molecule has 0 heterocycles. The summed E-state index contributed by atoms with van der Waals surface area (Å²) in [6, 6.07) is 5.14. The maximum atomic E-state index is 10.3. The third-order valence-corrected chi connectivity index (χ3v) is 1.37. The second-order valence-electron chi connectivity index (χ2n) is 2.12. The molecule has 0 unspecified atom stereocenters. The van der Waals surface area contributed by atoms with E-state index in [4.69, 9.17) is 0 Å². The fraction of sp³-hybridized carbons (Fsp3) is 0. The summed E-state index contributed by atoms with van der Waals surface area (Å²) in [5.74, 6) is -3.04. The van der Waals surface area contributed by atoms with Gasteiger partial charge < -0.3 is 19.8 Å². The van der Waals surface area contributed by atoms with Crippen LogP contribution in [-0.2, 0) is 21.7 Å². The van der Waals surface area contributed by atoms with Crippen LogP contribution in [0.25, 0.3) is 0 Å². The Morgan fingerprint density at radius 2 is 1.23 bits per heavy atom. The van der Waals surface area contributed by atoms with Gasteiger partial charge in [-0.2, -0.15) is 0 Å². The van der Waals surface area contributed by atoms with Gasteiger partial charge in [-0.1, -0.05) is 24.3 Å². The average molecular weight is 212 g/mol. The van der Waals surface area contributed by atoms with E-state index in [-0.39, 0.29) is 32.8 Å². The fourth-order valence-corrected chi connectivity index (χ4v) is 0.839. The summed E-state index contributed by atoms with van der Waals surface area (Å²) in [5.41, 5.74) is -0.727. The van der Waals surface area contributed by atoms with E-state index in [0.717, 1.165) is 12.1 Å². The van der Waals surface area contributed by atoms with E-state index >= 15 is 0 Å². The van der Waals surface area contributed by atoms with Crippen LogP contribution in [0, 0.1) is 0 Å². The van der Waals surface area contributed by atoms with Crippen molar-refractivity contribution < 1.29 is 41.5 Å². The number of aromatic carboxylic acids is 2.